The summed E-state index contributed by atoms with van der Waals surface area (Å²) in [6.07, 6.45) is 4.26. The highest BCUT2D eigenvalue weighted by atomic mass is 35.7. The van der Waals surface area contributed by atoms with Crippen molar-refractivity contribution in [1.29, 1.82) is 0 Å². The molecule has 0 amide bonds. The van der Waals surface area contributed by atoms with Crippen LogP contribution in [0.25, 0.3) is 0 Å². The third-order valence-corrected chi connectivity index (χ3v) is 4.38. The molecule has 0 aromatic rings. The number of ether oxygens (including phenoxy) is 1. The molecule has 0 spiro atoms. The minimum Gasteiger partial charge on any atom is -0.378 e. The molecule has 0 aromatic heterocycles. The van der Waals surface area contributed by atoms with Gasteiger partial charge in [0.15, 0.2) is 0 Å². The molecule has 3 nitrogen and oxygen atoms in total. The molecule has 2 aliphatic heterocycles. The summed E-state index contributed by atoms with van der Waals surface area (Å²) in [7, 11) is 1.89. The summed E-state index contributed by atoms with van der Waals surface area (Å²) in [6, 6.07) is 0. The van der Waals surface area contributed by atoms with Gasteiger partial charge in [-0.05, 0) is 25.7 Å². The van der Waals surface area contributed by atoms with Crippen molar-refractivity contribution in [1.82, 2.24) is 0 Å². The van der Waals surface area contributed by atoms with E-state index in [1.54, 1.807) is 0 Å². The summed E-state index contributed by atoms with van der Waals surface area (Å²) in [5.74, 6) is 0.0777. The lowest BCUT2D eigenvalue weighted by molar-refractivity contribution is -0.104. The molecule has 2 bridgehead atoms. The van der Waals surface area contributed by atoms with Gasteiger partial charge in [-0.15, -0.1) is 0 Å². The van der Waals surface area contributed by atoms with Gasteiger partial charge < -0.3 is 4.74 Å². The van der Waals surface area contributed by atoms with E-state index in [-0.39, 0.29) is 11.2 Å². The predicted molar refractivity (Wildman–Crippen MR) is 50.3 cm³/mol. The van der Waals surface area contributed by atoms with Crippen molar-refractivity contribution in [3.63, 3.8) is 0 Å². The Morgan fingerprint density at radius 2 is 2.00 bits per heavy atom. The molecule has 0 unspecified atom stereocenters. The number of hydrogen-bond acceptors (Lipinski definition) is 3. The summed E-state index contributed by atoms with van der Waals surface area (Å²) >= 11 is 0. The minimum atomic E-state index is -3.38. The Morgan fingerprint density at radius 3 is 2.38 bits per heavy atom. The molecule has 3 fully saturated rings. The first-order chi connectivity index (χ1) is 5.99. The van der Waals surface area contributed by atoms with E-state index in [1.807, 2.05) is 0 Å². The van der Waals surface area contributed by atoms with E-state index >= 15 is 0 Å². The average molecular weight is 225 g/mol. The SMILES string of the molecule is O=S(=O)(Cl)CC12CCC(CC1)OC2. The predicted octanol–water partition coefficient (Wildman–Crippen LogP) is 1.51. The minimum absolute atomic E-state index is 0.0777. The second-order valence-corrected chi connectivity index (χ2v) is 6.97. The smallest absolute Gasteiger partial charge is 0.233 e. The van der Waals surface area contributed by atoms with Gasteiger partial charge in [0.05, 0.1) is 18.5 Å². The molecule has 3 rings (SSSR count). The summed E-state index contributed by atoms with van der Waals surface area (Å²) in [6.45, 7) is 0.573. The molecule has 0 N–H and O–H groups in total. The van der Waals surface area contributed by atoms with Crippen molar-refractivity contribution in [2.75, 3.05) is 12.4 Å². The fraction of sp³-hybridized carbons (Fsp3) is 1.00. The first-order valence-electron chi connectivity index (χ1n) is 4.53. The lowest BCUT2D eigenvalue weighted by Gasteiger charge is -2.45. The molecule has 0 radical (unpaired) electrons. The van der Waals surface area contributed by atoms with Crippen LogP contribution in [-0.4, -0.2) is 26.9 Å². The highest BCUT2D eigenvalue weighted by molar-refractivity contribution is 8.13. The van der Waals surface area contributed by atoms with Crippen LogP contribution in [-0.2, 0) is 13.8 Å². The highest BCUT2D eigenvalue weighted by Gasteiger charge is 2.43. The second kappa shape index (κ2) is 3.11. The van der Waals surface area contributed by atoms with Gasteiger partial charge >= 0.3 is 0 Å². The lowest BCUT2D eigenvalue weighted by Crippen LogP contribution is -2.45. The first-order valence-corrected chi connectivity index (χ1v) is 7.01. The standard InChI is InChI=1S/C8H13ClO3S/c9-13(10,11)6-8-3-1-7(2-4-8)12-5-8/h7H,1-6H2. The molecule has 1 saturated carbocycles. The van der Waals surface area contributed by atoms with Crippen LogP contribution in [0.4, 0.5) is 0 Å². The molecule has 0 atom stereocenters. The van der Waals surface area contributed by atoms with Gasteiger partial charge in [0.25, 0.3) is 0 Å². The zero-order valence-electron chi connectivity index (χ0n) is 7.33. The maximum atomic E-state index is 11.0. The molecular formula is C8H13ClO3S. The van der Waals surface area contributed by atoms with Crippen molar-refractivity contribution < 1.29 is 13.2 Å². The van der Waals surface area contributed by atoms with Crippen LogP contribution in [0.15, 0.2) is 0 Å². The van der Waals surface area contributed by atoms with Gasteiger partial charge in [-0.3, -0.25) is 0 Å². The Balaban J connectivity index is 2.11. The van der Waals surface area contributed by atoms with Gasteiger partial charge in [-0.1, -0.05) is 0 Å². The van der Waals surface area contributed by atoms with Crippen LogP contribution < -0.4 is 0 Å². The Bertz CT molecular complexity index is 277. The molecule has 2 heterocycles. The first kappa shape index (κ1) is 9.74. The largest absolute Gasteiger partial charge is 0.378 e. The van der Waals surface area contributed by atoms with Crippen molar-refractivity contribution in [3.8, 4) is 0 Å². The van der Waals surface area contributed by atoms with Crippen LogP contribution in [0.2, 0.25) is 0 Å². The van der Waals surface area contributed by atoms with E-state index in [0.717, 1.165) is 25.7 Å². The van der Waals surface area contributed by atoms with Crippen LogP contribution in [0.3, 0.4) is 0 Å². The second-order valence-electron chi connectivity index (χ2n) is 4.19. The van der Waals surface area contributed by atoms with Crippen LogP contribution in [0, 0.1) is 5.41 Å². The van der Waals surface area contributed by atoms with E-state index in [0.29, 0.717) is 12.7 Å². The number of fused-ring (bicyclic) bond motifs is 3. The lowest BCUT2D eigenvalue weighted by atomic mass is 9.73. The van der Waals surface area contributed by atoms with Gasteiger partial charge in [-0.2, -0.15) is 0 Å². The molecule has 2 saturated heterocycles. The molecule has 1 aliphatic carbocycles. The van der Waals surface area contributed by atoms with Crippen LogP contribution >= 0.6 is 10.7 Å². The maximum absolute atomic E-state index is 11.0. The Labute approximate surface area is 82.8 Å². The van der Waals surface area contributed by atoms with Gasteiger partial charge in [0, 0.05) is 16.1 Å². The highest BCUT2D eigenvalue weighted by Crippen LogP contribution is 2.44. The molecular weight excluding hydrogens is 212 g/mol. The maximum Gasteiger partial charge on any atom is 0.233 e. The Kier molecular flexibility index (Phi) is 2.33. The normalized spacial score (nSPS) is 39.3. The Morgan fingerprint density at radius 1 is 1.38 bits per heavy atom. The third kappa shape index (κ3) is 2.17. The zero-order valence-corrected chi connectivity index (χ0v) is 8.90. The van der Waals surface area contributed by atoms with Crippen LogP contribution in [0.1, 0.15) is 25.7 Å². The van der Waals surface area contributed by atoms with E-state index in [2.05, 4.69) is 0 Å². The molecule has 0 aromatic carbocycles. The molecule has 3 aliphatic rings. The number of rotatable bonds is 2. The zero-order chi connectivity index (χ0) is 9.53. The third-order valence-electron chi connectivity index (χ3n) is 3.10. The molecule has 13 heavy (non-hydrogen) atoms. The fourth-order valence-corrected chi connectivity index (χ4v) is 4.16. The van der Waals surface area contributed by atoms with Crippen molar-refractivity contribution >= 4 is 19.7 Å². The summed E-state index contributed by atoms with van der Waals surface area (Å²) < 4.78 is 27.5. The van der Waals surface area contributed by atoms with Crippen LogP contribution in [0.5, 0.6) is 0 Å². The van der Waals surface area contributed by atoms with Gasteiger partial charge in [0.2, 0.25) is 9.05 Å². The Hall–Kier alpha value is 0.200. The van der Waals surface area contributed by atoms with E-state index in [4.69, 9.17) is 15.4 Å². The average Bonchev–Trinajstić information content (AvgIpc) is 2.03. The summed E-state index contributed by atoms with van der Waals surface area (Å²) in [5, 5.41) is 0. The molecule has 5 heteroatoms. The fourth-order valence-electron chi connectivity index (χ4n) is 2.36. The quantitative estimate of drug-likeness (QED) is 0.668. The van der Waals surface area contributed by atoms with Gasteiger partial charge in [-0.25, -0.2) is 8.42 Å². The van der Waals surface area contributed by atoms with E-state index in [1.165, 1.54) is 0 Å². The van der Waals surface area contributed by atoms with Crippen molar-refractivity contribution in [2.45, 2.75) is 31.8 Å². The number of hydrogen-bond donors (Lipinski definition) is 0. The van der Waals surface area contributed by atoms with Crippen molar-refractivity contribution in [3.05, 3.63) is 0 Å². The monoisotopic (exact) mass is 224 g/mol. The summed E-state index contributed by atoms with van der Waals surface area (Å²) in [5.41, 5.74) is -0.171. The topological polar surface area (TPSA) is 43.4 Å². The van der Waals surface area contributed by atoms with E-state index < -0.39 is 9.05 Å². The van der Waals surface area contributed by atoms with Gasteiger partial charge in [0.1, 0.15) is 0 Å². The van der Waals surface area contributed by atoms with E-state index in [9.17, 15) is 8.42 Å². The summed E-state index contributed by atoms with van der Waals surface area (Å²) in [4.78, 5) is 0. The molecule has 76 valence electrons. The van der Waals surface area contributed by atoms with Crippen molar-refractivity contribution in [2.24, 2.45) is 5.41 Å². The number of halogens is 1.